The summed E-state index contributed by atoms with van der Waals surface area (Å²) in [6, 6.07) is 4.86. The Balaban J connectivity index is 2.48. The minimum atomic E-state index is -0.670. The molecule has 0 radical (unpaired) electrons. The second kappa shape index (κ2) is 9.31. The molecular formula is C18H20BrNO7. The number of ether oxygens (including phenoxy) is 3. The van der Waals surface area contributed by atoms with Gasteiger partial charge >= 0.3 is 5.97 Å². The number of carbonyl (C=O) groups is 2. The maximum atomic E-state index is 12.0. The van der Waals surface area contributed by atoms with Gasteiger partial charge in [-0.05, 0) is 18.6 Å². The smallest absolute Gasteiger partial charge is 0.308 e. The number of nitrogens with one attached hydrogen (secondary N) is 1. The first-order chi connectivity index (χ1) is 12.9. The molecule has 0 saturated carbocycles. The molecule has 0 aliphatic carbocycles. The molecule has 0 aliphatic heterocycles. The van der Waals surface area contributed by atoms with Crippen molar-refractivity contribution in [2.45, 2.75) is 19.8 Å². The van der Waals surface area contributed by atoms with Crippen molar-refractivity contribution in [2.75, 3.05) is 24.9 Å². The first kappa shape index (κ1) is 20.6. The summed E-state index contributed by atoms with van der Waals surface area (Å²) in [4.78, 5) is 23.4. The third-order valence-corrected chi connectivity index (χ3v) is 4.05. The lowest BCUT2D eigenvalue weighted by atomic mass is 10.1. The van der Waals surface area contributed by atoms with Crippen LogP contribution in [0.1, 0.15) is 19.8 Å². The number of carbonyl (C=O) groups excluding carboxylic acids is 2. The third-order valence-electron chi connectivity index (χ3n) is 3.49. The Kier molecular flexibility index (Phi) is 7.12. The topological polar surface area (TPSA) is 107 Å². The van der Waals surface area contributed by atoms with E-state index in [0.29, 0.717) is 28.8 Å². The molecule has 2 rings (SSSR count). The van der Waals surface area contributed by atoms with Gasteiger partial charge in [0.25, 0.3) is 0 Å². The summed E-state index contributed by atoms with van der Waals surface area (Å²) in [6.45, 7) is 1.18. The SMILES string of the molecule is COc1cc(OC)cc(-c2oc(NC(=O)CCCBr)c(OC(C)=O)c2O)c1. The maximum absolute atomic E-state index is 12.0. The van der Waals surface area contributed by atoms with Crippen LogP contribution in [0.4, 0.5) is 5.88 Å². The molecule has 0 unspecified atom stereocenters. The number of halogens is 1. The van der Waals surface area contributed by atoms with Crippen molar-refractivity contribution >= 4 is 33.7 Å². The molecular weight excluding hydrogens is 422 g/mol. The van der Waals surface area contributed by atoms with Gasteiger partial charge in [-0.25, -0.2) is 0 Å². The largest absolute Gasteiger partial charge is 0.502 e. The van der Waals surface area contributed by atoms with E-state index < -0.39 is 11.7 Å². The van der Waals surface area contributed by atoms with Crippen LogP contribution in [0.15, 0.2) is 22.6 Å². The normalized spacial score (nSPS) is 10.4. The van der Waals surface area contributed by atoms with Crippen molar-refractivity contribution < 1.29 is 33.3 Å². The number of esters is 1. The highest BCUT2D eigenvalue weighted by Gasteiger charge is 2.26. The number of methoxy groups -OCH3 is 2. The zero-order valence-electron chi connectivity index (χ0n) is 15.1. The number of benzene rings is 1. The minimum Gasteiger partial charge on any atom is -0.502 e. The lowest BCUT2D eigenvalue weighted by Gasteiger charge is -2.07. The van der Waals surface area contributed by atoms with Gasteiger partial charge in [0.2, 0.25) is 23.3 Å². The molecule has 0 spiro atoms. The van der Waals surface area contributed by atoms with E-state index >= 15 is 0 Å². The Morgan fingerprint density at radius 1 is 1.19 bits per heavy atom. The van der Waals surface area contributed by atoms with E-state index in [1.54, 1.807) is 18.2 Å². The number of rotatable bonds is 8. The van der Waals surface area contributed by atoms with E-state index in [1.165, 1.54) is 21.1 Å². The fourth-order valence-corrected chi connectivity index (χ4v) is 2.56. The first-order valence-corrected chi connectivity index (χ1v) is 9.15. The number of furan rings is 1. The number of anilines is 1. The van der Waals surface area contributed by atoms with E-state index in [-0.39, 0.29) is 29.7 Å². The average molecular weight is 442 g/mol. The Morgan fingerprint density at radius 2 is 1.81 bits per heavy atom. The third kappa shape index (κ3) is 5.16. The molecule has 0 atom stereocenters. The van der Waals surface area contributed by atoms with E-state index in [9.17, 15) is 14.7 Å². The van der Waals surface area contributed by atoms with Crippen molar-refractivity contribution in [1.29, 1.82) is 0 Å². The zero-order chi connectivity index (χ0) is 20.0. The lowest BCUT2D eigenvalue weighted by molar-refractivity contribution is -0.132. The predicted molar refractivity (Wildman–Crippen MR) is 102 cm³/mol. The summed E-state index contributed by atoms with van der Waals surface area (Å²) in [5.41, 5.74) is 0.415. The van der Waals surface area contributed by atoms with Gasteiger partial charge in [0.15, 0.2) is 5.76 Å². The summed E-state index contributed by atoms with van der Waals surface area (Å²) in [7, 11) is 2.97. The number of hydrogen-bond donors (Lipinski definition) is 2. The van der Waals surface area contributed by atoms with E-state index in [1.807, 2.05) is 0 Å². The van der Waals surface area contributed by atoms with Crippen LogP contribution in [-0.4, -0.2) is 36.5 Å². The number of aromatic hydroxyl groups is 1. The highest BCUT2D eigenvalue weighted by Crippen LogP contribution is 2.47. The second-order valence-electron chi connectivity index (χ2n) is 5.47. The number of alkyl halides is 1. The Morgan fingerprint density at radius 3 is 2.33 bits per heavy atom. The van der Waals surface area contributed by atoms with Gasteiger partial charge in [-0.2, -0.15) is 0 Å². The van der Waals surface area contributed by atoms with Gasteiger partial charge in [0, 0.05) is 30.3 Å². The number of hydrogen-bond acceptors (Lipinski definition) is 7. The molecule has 0 saturated heterocycles. The summed E-state index contributed by atoms with van der Waals surface area (Å²) < 4.78 is 21.0. The average Bonchev–Trinajstić information content (AvgIpc) is 2.94. The highest BCUT2D eigenvalue weighted by atomic mass is 79.9. The monoisotopic (exact) mass is 441 g/mol. The molecule has 2 aromatic rings. The van der Waals surface area contributed by atoms with Crippen LogP contribution < -0.4 is 19.5 Å². The van der Waals surface area contributed by atoms with Crippen molar-refractivity contribution in [1.82, 2.24) is 0 Å². The van der Waals surface area contributed by atoms with Crippen molar-refractivity contribution in [2.24, 2.45) is 0 Å². The second-order valence-corrected chi connectivity index (χ2v) is 6.27. The fourth-order valence-electron chi connectivity index (χ4n) is 2.28. The standard InChI is InChI=1S/C18H20BrNO7/c1-10(21)26-17-15(23)16(27-18(17)20-14(22)5-4-6-19)11-7-12(24-2)9-13(8-11)25-3/h7-9,23H,4-6H2,1-3H3,(H,20,22). The molecule has 146 valence electrons. The molecule has 1 aromatic heterocycles. The van der Waals surface area contributed by atoms with Crippen LogP contribution in [0.5, 0.6) is 23.0 Å². The maximum Gasteiger partial charge on any atom is 0.308 e. The van der Waals surface area contributed by atoms with Crippen LogP contribution in [-0.2, 0) is 9.59 Å². The van der Waals surface area contributed by atoms with Gasteiger partial charge in [-0.3, -0.25) is 14.9 Å². The molecule has 2 N–H and O–H groups in total. The van der Waals surface area contributed by atoms with Crippen molar-refractivity contribution in [3.8, 4) is 34.3 Å². The molecule has 0 bridgehead atoms. The quantitative estimate of drug-likeness (QED) is 0.474. The molecule has 0 aliphatic rings. The highest BCUT2D eigenvalue weighted by molar-refractivity contribution is 9.09. The van der Waals surface area contributed by atoms with Gasteiger partial charge in [-0.1, -0.05) is 15.9 Å². The van der Waals surface area contributed by atoms with E-state index in [2.05, 4.69) is 21.2 Å². The van der Waals surface area contributed by atoms with Crippen LogP contribution in [0.25, 0.3) is 11.3 Å². The molecule has 0 fully saturated rings. The summed E-state index contributed by atoms with van der Waals surface area (Å²) in [5.74, 6) is -0.904. The molecule has 8 nitrogen and oxygen atoms in total. The summed E-state index contributed by atoms with van der Waals surface area (Å²) >= 11 is 3.25. The van der Waals surface area contributed by atoms with Crippen molar-refractivity contribution in [3.63, 3.8) is 0 Å². The van der Waals surface area contributed by atoms with Crippen LogP contribution in [0.2, 0.25) is 0 Å². The van der Waals surface area contributed by atoms with Gasteiger partial charge < -0.3 is 23.7 Å². The van der Waals surface area contributed by atoms with Gasteiger partial charge in [0.1, 0.15) is 11.5 Å². The summed E-state index contributed by atoms with van der Waals surface area (Å²) in [6.07, 6.45) is 0.843. The molecule has 1 amide bonds. The van der Waals surface area contributed by atoms with E-state index in [4.69, 9.17) is 18.6 Å². The Hall–Kier alpha value is -2.68. The van der Waals surface area contributed by atoms with Crippen LogP contribution >= 0.6 is 15.9 Å². The predicted octanol–water partition coefficient (Wildman–Crippen LogP) is 3.71. The fraction of sp³-hybridized carbons (Fsp3) is 0.333. The van der Waals surface area contributed by atoms with E-state index in [0.717, 1.165) is 0 Å². The first-order valence-electron chi connectivity index (χ1n) is 8.03. The van der Waals surface area contributed by atoms with Gasteiger partial charge in [0.05, 0.1) is 14.2 Å². The molecule has 27 heavy (non-hydrogen) atoms. The summed E-state index contributed by atoms with van der Waals surface area (Å²) in [5, 5.41) is 13.7. The Bertz CT molecular complexity index is 809. The van der Waals surface area contributed by atoms with Crippen LogP contribution in [0.3, 0.4) is 0 Å². The minimum absolute atomic E-state index is 0.000702. The van der Waals surface area contributed by atoms with Crippen molar-refractivity contribution in [3.05, 3.63) is 18.2 Å². The van der Waals surface area contributed by atoms with Crippen LogP contribution in [0, 0.1) is 0 Å². The van der Waals surface area contributed by atoms with Gasteiger partial charge in [-0.15, -0.1) is 0 Å². The molecule has 1 heterocycles. The Labute approximate surface area is 164 Å². The zero-order valence-corrected chi connectivity index (χ0v) is 16.7. The lowest BCUT2D eigenvalue weighted by Crippen LogP contribution is -2.12. The number of amides is 1. The molecule has 9 heteroatoms. The molecule has 1 aromatic carbocycles.